The Bertz CT molecular complexity index is 290. The van der Waals surface area contributed by atoms with Crippen LogP contribution in [-0.4, -0.2) is 28.1 Å². The average Bonchev–Trinajstić information content (AvgIpc) is 2.54. The van der Waals surface area contributed by atoms with Crippen LogP contribution in [0.2, 0.25) is 0 Å². The second-order valence-electron chi connectivity index (χ2n) is 3.19. The predicted molar refractivity (Wildman–Crippen MR) is 43.8 cm³/mol. The average molecular weight is 181 g/mol. The summed E-state index contributed by atoms with van der Waals surface area (Å²) < 4.78 is 4.63. The first-order chi connectivity index (χ1) is 6.31. The Hall–Kier alpha value is -1.39. The summed E-state index contributed by atoms with van der Waals surface area (Å²) in [6, 6.07) is 0.277. The Morgan fingerprint density at radius 3 is 2.62 bits per heavy atom. The predicted octanol–water partition coefficient (Wildman–Crippen LogP) is 0.402. The quantitative estimate of drug-likeness (QED) is 0.620. The van der Waals surface area contributed by atoms with Gasteiger partial charge in [0.05, 0.1) is 31.5 Å². The van der Waals surface area contributed by atoms with E-state index in [0.717, 1.165) is 12.8 Å². The highest BCUT2D eigenvalue weighted by molar-refractivity contribution is 5.73. The summed E-state index contributed by atoms with van der Waals surface area (Å²) in [5.41, 5.74) is 0. The van der Waals surface area contributed by atoms with Gasteiger partial charge in [0, 0.05) is 0 Å². The Kier molecular flexibility index (Phi) is 2.00. The van der Waals surface area contributed by atoms with Gasteiger partial charge in [-0.3, -0.25) is 4.79 Å². The van der Waals surface area contributed by atoms with Crippen molar-refractivity contribution >= 4 is 5.97 Å². The van der Waals surface area contributed by atoms with E-state index in [2.05, 4.69) is 14.9 Å². The molecule has 5 nitrogen and oxygen atoms in total. The van der Waals surface area contributed by atoms with Gasteiger partial charge in [-0.05, 0) is 12.8 Å². The molecule has 1 aliphatic rings. The molecule has 0 unspecified atom stereocenters. The SMILES string of the molecule is COC(=O)C1CC(n2nccn2)C1. The Morgan fingerprint density at radius 1 is 1.46 bits per heavy atom. The van der Waals surface area contributed by atoms with Crippen LogP contribution in [0.5, 0.6) is 0 Å². The molecule has 0 N–H and O–H groups in total. The van der Waals surface area contributed by atoms with Crippen LogP contribution in [0, 0.1) is 5.92 Å². The van der Waals surface area contributed by atoms with Crippen LogP contribution in [0.25, 0.3) is 0 Å². The van der Waals surface area contributed by atoms with Crippen LogP contribution >= 0.6 is 0 Å². The maximum absolute atomic E-state index is 11.0. The van der Waals surface area contributed by atoms with E-state index >= 15 is 0 Å². The molecule has 5 heteroatoms. The summed E-state index contributed by atoms with van der Waals surface area (Å²) in [5, 5.41) is 8.02. The topological polar surface area (TPSA) is 57.0 Å². The first-order valence-corrected chi connectivity index (χ1v) is 4.25. The molecule has 1 aliphatic carbocycles. The minimum atomic E-state index is -0.122. The molecule has 0 bridgehead atoms. The number of hydrogen-bond acceptors (Lipinski definition) is 4. The number of nitrogens with zero attached hydrogens (tertiary/aromatic N) is 3. The number of ether oxygens (including phenoxy) is 1. The van der Waals surface area contributed by atoms with Crippen LogP contribution in [0.1, 0.15) is 18.9 Å². The summed E-state index contributed by atoms with van der Waals surface area (Å²) in [5.74, 6) is -0.0793. The van der Waals surface area contributed by atoms with E-state index in [4.69, 9.17) is 0 Å². The Balaban J connectivity index is 1.89. The van der Waals surface area contributed by atoms with Crippen molar-refractivity contribution in [1.82, 2.24) is 15.0 Å². The van der Waals surface area contributed by atoms with Gasteiger partial charge in [-0.15, -0.1) is 0 Å². The molecule has 0 aromatic carbocycles. The van der Waals surface area contributed by atoms with Gasteiger partial charge >= 0.3 is 5.97 Å². The molecule has 70 valence electrons. The fourth-order valence-corrected chi connectivity index (χ4v) is 1.55. The second kappa shape index (κ2) is 3.16. The van der Waals surface area contributed by atoms with Gasteiger partial charge in [-0.1, -0.05) is 0 Å². The van der Waals surface area contributed by atoms with Gasteiger partial charge in [0.25, 0.3) is 0 Å². The molecule has 13 heavy (non-hydrogen) atoms. The summed E-state index contributed by atoms with van der Waals surface area (Å²) in [7, 11) is 1.42. The van der Waals surface area contributed by atoms with E-state index in [1.165, 1.54) is 7.11 Å². The van der Waals surface area contributed by atoms with Crippen LogP contribution in [0.4, 0.5) is 0 Å². The molecular formula is C8H11N3O2. The zero-order valence-electron chi connectivity index (χ0n) is 7.38. The van der Waals surface area contributed by atoms with Crippen molar-refractivity contribution in [1.29, 1.82) is 0 Å². The van der Waals surface area contributed by atoms with E-state index in [-0.39, 0.29) is 17.9 Å². The highest BCUT2D eigenvalue weighted by Crippen LogP contribution is 2.37. The normalized spacial score (nSPS) is 26.5. The monoisotopic (exact) mass is 181 g/mol. The summed E-state index contributed by atoms with van der Waals surface area (Å²) in [4.78, 5) is 12.7. The first kappa shape index (κ1) is 8.22. The van der Waals surface area contributed by atoms with Crippen molar-refractivity contribution in [2.75, 3.05) is 7.11 Å². The van der Waals surface area contributed by atoms with E-state index in [1.54, 1.807) is 17.2 Å². The molecule has 0 saturated heterocycles. The van der Waals surface area contributed by atoms with Crippen LogP contribution < -0.4 is 0 Å². The molecule has 0 spiro atoms. The first-order valence-electron chi connectivity index (χ1n) is 4.25. The van der Waals surface area contributed by atoms with Crippen LogP contribution in [-0.2, 0) is 9.53 Å². The lowest BCUT2D eigenvalue weighted by atomic mass is 9.81. The lowest BCUT2D eigenvalue weighted by Crippen LogP contribution is -2.34. The Labute approximate surface area is 75.7 Å². The third-order valence-electron chi connectivity index (χ3n) is 2.41. The molecule has 0 atom stereocenters. The number of carbonyl (C=O) groups is 1. The summed E-state index contributed by atoms with van der Waals surface area (Å²) in [6.45, 7) is 0. The van der Waals surface area contributed by atoms with Gasteiger partial charge < -0.3 is 4.74 Å². The van der Waals surface area contributed by atoms with Crippen molar-refractivity contribution in [2.45, 2.75) is 18.9 Å². The van der Waals surface area contributed by atoms with Crippen LogP contribution in [0.15, 0.2) is 12.4 Å². The van der Waals surface area contributed by atoms with Crippen molar-refractivity contribution in [2.24, 2.45) is 5.92 Å². The number of carbonyl (C=O) groups excluding carboxylic acids is 1. The van der Waals surface area contributed by atoms with Gasteiger partial charge in [-0.2, -0.15) is 15.0 Å². The smallest absolute Gasteiger partial charge is 0.308 e. The number of hydrogen-bond donors (Lipinski definition) is 0. The minimum Gasteiger partial charge on any atom is -0.469 e. The fourth-order valence-electron chi connectivity index (χ4n) is 1.55. The highest BCUT2D eigenvalue weighted by Gasteiger charge is 2.37. The molecule has 1 aromatic heterocycles. The standard InChI is InChI=1S/C8H11N3O2/c1-13-8(12)6-4-7(5-6)11-9-2-3-10-11/h2-3,6-7H,4-5H2,1H3. The lowest BCUT2D eigenvalue weighted by Gasteiger charge is -2.31. The molecule has 1 aromatic rings. The number of aromatic nitrogens is 3. The van der Waals surface area contributed by atoms with Gasteiger partial charge in [0.1, 0.15) is 0 Å². The molecule has 1 saturated carbocycles. The molecule has 1 fully saturated rings. The molecule has 2 rings (SSSR count). The fraction of sp³-hybridized carbons (Fsp3) is 0.625. The van der Waals surface area contributed by atoms with E-state index < -0.39 is 0 Å². The third-order valence-corrected chi connectivity index (χ3v) is 2.41. The molecule has 0 radical (unpaired) electrons. The largest absolute Gasteiger partial charge is 0.469 e. The summed E-state index contributed by atoms with van der Waals surface area (Å²) in [6.07, 6.45) is 4.87. The zero-order chi connectivity index (χ0) is 9.26. The molecule has 0 amide bonds. The van der Waals surface area contributed by atoms with Gasteiger partial charge in [0.2, 0.25) is 0 Å². The zero-order valence-corrected chi connectivity index (χ0v) is 7.38. The minimum absolute atomic E-state index is 0.0426. The van der Waals surface area contributed by atoms with Crippen molar-refractivity contribution in [3.05, 3.63) is 12.4 Å². The number of rotatable bonds is 2. The molecule has 1 heterocycles. The van der Waals surface area contributed by atoms with E-state index in [1.807, 2.05) is 0 Å². The maximum Gasteiger partial charge on any atom is 0.308 e. The highest BCUT2D eigenvalue weighted by atomic mass is 16.5. The number of methoxy groups -OCH3 is 1. The van der Waals surface area contributed by atoms with E-state index in [9.17, 15) is 4.79 Å². The van der Waals surface area contributed by atoms with Crippen LogP contribution in [0.3, 0.4) is 0 Å². The third kappa shape index (κ3) is 1.41. The van der Waals surface area contributed by atoms with E-state index in [0.29, 0.717) is 0 Å². The lowest BCUT2D eigenvalue weighted by molar-refractivity contribution is -0.150. The van der Waals surface area contributed by atoms with Crippen molar-refractivity contribution in [3.8, 4) is 0 Å². The Morgan fingerprint density at radius 2 is 2.08 bits per heavy atom. The van der Waals surface area contributed by atoms with Gasteiger partial charge in [0.15, 0.2) is 0 Å². The second-order valence-corrected chi connectivity index (χ2v) is 3.19. The maximum atomic E-state index is 11.0. The van der Waals surface area contributed by atoms with Crippen molar-refractivity contribution < 1.29 is 9.53 Å². The molecular weight excluding hydrogens is 170 g/mol. The number of esters is 1. The summed E-state index contributed by atoms with van der Waals surface area (Å²) >= 11 is 0. The molecule has 0 aliphatic heterocycles. The van der Waals surface area contributed by atoms with Gasteiger partial charge in [-0.25, -0.2) is 0 Å². The van der Waals surface area contributed by atoms with Crippen molar-refractivity contribution in [3.63, 3.8) is 0 Å².